The molecule has 1 aromatic rings. The fourth-order valence-corrected chi connectivity index (χ4v) is 1.77. The number of likely N-dealkylation sites (N-methyl/N-ethyl adjacent to an activating group) is 1. The number of pyridine rings is 1. The summed E-state index contributed by atoms with van der Waals surface area (Å²) in [6, 6.07) is 4.02. The van der Waals surface area contributed by atoms with Crippen LogP contribution >= 0.6 is 0 Å². The Balaban J connectivity index is 2.10. The molecule has 0 aliphatic carbocycles. The van der Waals surface area contributed by atoms with Crippen LogP contribution in [0.5, 0.6) is 0 Å². The molecule has 1 aliphatic rings. The summed E-state index contributed by atoms with van der Waals surface area (Å²) < 4.78 is 0. The van der Waals surface area contributed by atoms with Crippen molar-refractivity contribution in [2.75, 3.05) is 25.5 Å². The van der Waals surface area contributed by atoms with E-state index < -0.39 is 0 Å². The van der Waals surface area contributed by atoms with E-state index in [-0.39, 0.29) is 0 Å². The summed E-state index contributed by atoms with van der Waals surface area (Å²) in [5.74, 6) is 0.869. The van der Waals surface area contributed by atoms with E-state index in [0.29, 0.717) is 0 Å². The molecular formula is C12H18N4. The first-order valence-corrected chi connectivity index (χ1v) is 5.51. The van der Waals surface area contributed by atoms with E-state index >= 15 is 0 Å². The minimum Gasteiger partial charge on any atom is -0.400 e. The molecule has 0 saturated heterocycles. The number of aryl methyl sites for hydroxylation is 1. The third-order valence-corrected chi connectivity index (χ3v) is 2.76. The Labute approximate surface area is 96.2 Å². The lowest BCUT2D eigenvalue weighted by Crippen LogP contribution is -2.33. The van der Waals surface area contributed by atoms with E-state index in [9.17, 15) is 0 Å². The molecule has 0 bridgehead atoms. The van der Waals surface area contributed by atoms with Gasteiger partial charge in [0.15, 0.2) is 0 Å². The lowest BCUT2D eigenvalue weighted by molar-refractivity contribution is 0.347. The average Bonchev–Trinajstić information content (AvgIpc) is 2.25. The number of anilines is 1. The summed E-state index contributed by atoms with van der Waals surface area (Å²) in [4.78, 5) is 6.52. The Bertz CT molecular complexity index is 394. The van der Waals surface area contributed by atoms with Crippen molar-refractivity contribution in [1.29, 1.82) is 0 Å². The van der Waals surface area contributed by atoms with Gasteiger partial charge in [-0.3, -0.25) is 0 Å². The van der Waals surface area contributed by atoms with Crippen LogP contribution in [0.25, 0.3) is 0 Å². The van der Waals surface area contributed by atoms with Gasteiger partial charge < -0.3 is 16.0 Å². The van der Waals surface area contributed by atoms with E-state index in [1.165, 1.54) is 0 Å². The van der Waals surface area contributed by atoms with Crippen molar-refractivity contribution in [3.63, 3.8) is 0 Å². The fraction of sp³-hybridized carbons (Fsp3) is 0.417. The number of nitrogens with zero attached hydrogens (tertiary/aromatic N) is 2. The quantitative estimate of drug-likeness (QED) is 0.786. The van der Waals surface area contributed by atoms with Gasteiger partial charge in [0.1, 0.15) is 5.82 Å². The maximum atomic E-state index is 5.99. The zero-order chi connectivity index (χ0) is 11.5. The van der Waals surface area contributed by atoms with Crippen LogP contribution < -0.4 is 11.1 Å². The number of rotatable bonds is 2. The summed E-state index contributed by atoms with van der Waals surface area (Å²) in [7, 11) is 2.08. The van der Waals surface area contributed by atoms with E-state index in [4.69, 9.17) is 5.73 Å². The maximum absolute atomic E-state index is 5.99. The Morgan fingerprint density at radius 1 is 1.44 bits per heavy atom. The Kier molecular flexibility index (Phi) is 3.10. The summed E-state index contributed by atoms with van der Waals surface area (Å²) in [6.45, 7) is 3.89. The number of hydrogen-bond acceptors (Lipinski definition) is 4. The minimum atomic E-state index is 0.828. The molecule has 0 aromatic carbocycles. The van der Waals surface area contributed by atoms with E-state index in [1.54, 1.807) is 0 Å². The highest BCUT2D eigenvalue weighted by Gasteiger charge is 2.13. The minimum absolute atomic E-state index is 0.828. The average molecular weight is 218 g/mol. The molecule has 0 fully saturated rings. The van der Waals surface area contributed by atoms with Crippen molar-refractivity contribution in [2.45, 2.75) is 13.3 Å². The molecule has 1 aliphatic heterocycles. The van der Waals surface area contributed by atoms with Gasteiger partial charge in [0.05, 0.1) is 0 Å². The molecule has 4 heteroatoms. The van der Waals surface area contributed by atoms with Gasteiger partial charge in [-0.2, -0.15) is 0 Å². The van der Waals surface area contributed by atoms with Crippen molar-refractivity contribution in [2.24, 2.45) is 5.73 Å². The monoisotopic (exact) mass is 218 g/mol. The number of hydrogen-bond donors (Lipinski definition) is 2. The largest absolute Gasteiger partial charge is 0.400 e. The van der Waals surface area contributed by atoms with Gasteiger partial charge in [0.25, 0.3) is 0 Å². The predicted molar refractivity (Wildman–Crippen MR) is 65.9 cm³/mol. The van der Waals surface area contributed by atoms with Crippen LogP contribution in [0.3, 0.4) is 0 Å². The standard InChI is InChI=1S/C12H18N4/c1-9-3-4-12(14-7-9)15-11-5-6-16(2)8-10(11)13/h3-4,7H,5-6,8,13H2,1-2H3,(H,14,15). The highest BCUT2D eigenvalue weighted by molar-refractivity contribution is 5.43. The van der Waals surface area contributed by atoms with Crippen molar-refractivity contribution in [3.8, 4) is 0 Å². The van der Waals surface area contributed by atoms with Crippen LogP contribution in [-0.4, -0.2) is 30.0 Å². The van der Waals surface area contributed by atoms with Gasteiger partial charge >= 0.3 is 0 Å². The maximum Gasteiger partial charge on any atom is 0.130 e. The van der Waals surface area contributed by atoms with E-state index in [2.05, 4.69) is 22.2 Å². The molecule has 2 heterocycles. The van der Waals surface area contributed by atoms with Crippen LogP contribution in [0.2, 0.25) is 0 Å². The summed E-state index contributed by atoms with van der Waals surface area (Å²) in [5.41, 5.74) is 9.18. The topological polar surface area (TPSA) is 54.2 Å². The zero-order valence-electron chi connectivity index (χ0n) is 9.83. The Hall–Kier alpha value is -1.55. The highest BCUT2D eigenvalue weighted by Crippen LogP contribution is 2.16. The lowest BCUT2D eigenvalue weighted by Gasteiger charge is -2.26. The highest BCUT2D eigenvalue weighted by atomic mass is 15.1. The normalized spacial score (nSPS) is 17.6. The molecule has 0 atom stereocenters. The van der Waals surface area contributed by atoms with Gasteiger partial charge in [-0.1, -0.05) is 6.07 Å². The second-order valence-electron chi connectivity index (χ2n) is 4.34. The zero-order valence-corrected chi connectivity index (χ0v) is 9.83. The van der Waals surface area contributed by atoms with Gasteiger partial charge in [-0.05, 0) is 25.6 Å². The van der Waals surface area contributed by atoms with Crippen molar-refractivity contribution >= 4 is 5.82 Å². The van der Waals surface area contributed by atoms with Crippen LogP contribution in [0.4, 0.5) is 5.82 Å². The molecule has 16 heavy (non-hydrogen) atoms. The molecule has 0 unspecified atom stereocenters. The van der Waals surface area contributed by atoms with Crippen molar-refractivity contribution < 1.29 is 0 Å². The van der Waals surface area contributed by atoms with Gasteiger partial charge in [-0.25, -0.2) is 4.98 Å². The summed E-state index contributed by atoms with van der Waals surface area (Å²) >= 11 is 0. The number of aromatic nitrogens is 1. The number of nitrogens with two attached hydrogens (primary N) is 1. The molecule has 0 saturated carbocycles. The van der Waals surface area contributed by atoms with Crippen molar-refractivity contribution in [3.05, 3.63) is 35.3 Å². The van der Waals surface area contributed by atoms with Crippen LogP contribution in [0.15, 0.2) is 29.7 Å². The summed E-state index contributed by atoms with van der Waals surface area (Å²) in [5, 5.41) is 3.30. The SMILES string of the molecule is Cc1ccc(NC2=C(N)CN(C)CC2)nc1. The summed E-state index contributed by atoms with van der Waals surface area (Å²) in [6.07, 6.45) is 2.81. The Morgan fingerprint density at radius 2 is 2.25 bits per heavy atom. The first-order chi connectivity index (χ1) is 7.65. The smallest absolute Gasteiger partial charge is 0.130 e. The van der Waals surface area contributed by atoms with Crippen molar-refractivity contribution in [1.82, 2.24) is 9.88 Å². The Morgan fingerprint density at radius 3 is 2.88 bits per heavy atom. The van der Waals surface area contributed by atoms with Crippen LogP contribution in [0, 0.1) is 6.92 Å². The number of nitrogens with one attached hydrogen (secondary N) is 1. The second-order valence-corrected chi connectivity index (χ2v) is 4.34. The van der Waals surface area contributed by atoms with Crippen LogP contribution in [-0.2, 0) is 0 Å². The van der Waals surface area contributed by atoms with Gasteiger partial charge in [0.2, 0.25) is 0 Å². The molecule has 3 N–H and O–H groups in total. The molecule has 86 valence electrons. The van der Waals surface area contributed by atoms with Crippen LogP contribution in [0.1, 0.15) is 12.0 Å². The molecule has 1 aromatic heterocycles. The van der Waals surface area contributed by atoms with Gasteiger partial charge in [0, 0.05) is 37.1 Å². The lowest BCUT2D eigenvalue weighted by atomic mass is 10.1. The van der Waals surface area contributed by atoms with E-state index in [1.807, 2.05) is 25.3 Å². The fourth-order valence-electron chi connectivity index (χ4n) is 1.77. The molecule has 4 nitrogen and oxygen atoms in total. The molecule has 0 spiro atoms. The first kappa shape index (κ1) is 11.0. The molecular weight excluding hydrogens is 200 g/mol. The molecule has 0 amide bonds. The third-order valence-electron chi connectivity index (χ3n) is 2.76. The molecule has 0 radical (unpaired) electrons. The first-order valence-electron chi connectivity index (χ1n) is 5.51. The third kappa shape index (κ3) is 2.52. The second kappa shape index (κ2) is 4.53. The van der Waals surface area contributed by atoms with E-state index in [0.717, 1.165) is 42.3 Å². The molecule has 2 rings (SSSR count). The predicted octanol–water partition coefficient (Wildman–Crippen LogP) is 1.31. The van der Waals surface area contributed by atoms with Gasteiger partial charge in [-0.15, -0.1) is 0 Å².